The number of nitrogens with zero attached hydrogens (tertiary/aromatic N) is 3. The molecule has 0 radical (unpaired) electrons. The van der Waals surface area contributed by atoms with Crippen molar-refractivity contribution in [3.8, 4) is 0 Å². The average molecular weight is 447 g/mol. The summed E-state index contributed by atoms with van der Waals surface area (Å²) in [6, 6.07) is 3.70. The first-order valence-electron chi connectivity index (χ1n) is 9.28. The van der Waals surface area contributed by atoms with Crippen molar-refractivity contribution >= 4 is 35.3 Å². The lowest BCUT2D eigenvalue weighted by atomic mass is 10.1. The molecule has 11 heteroatoms. The van der Waals surface area contributed by atoms with E-state index in [1.54, 1.807) is 18.5 Å². The lowest BCUT2D eigenvalue weighted by molar-refractivity contribution is -0.122. The Labute approximate surface area is 182 Å². The summed E-state index contributed by atoms with van der Waals surface area (Å²) in [5.41, 5.74) is 0.548. The van der Waals surface area contributed by atoms with Crippen LogP contribution in [0.3, 0.4) is 0 Å². The Morgan fingerprint density at radius 3 is 2.68 bits per heavy atom. The van der Waals surface area contributed by atoms with Gasteiger partial charge in [0.15, 0.2) is 0 Å². The molecule has 0 saturated carbocycles. The number of carbonyl (C=O) groups is 3. The van der Waals surface area contributed by atoms with Crippen molar-refractivity contribution in [2.75, 3.05) is 5.32 Å². The fourth-order valence-corrected chi connectivity index (χ4v) is 3.26. The topological polar surface area (TPSA) is 126 Å². The van der Waals surface area contributed by atoms with E-state index >= 15 is 0 Å². The van der Waals surface area contributed by atoms with Crippen LogP contribution in [0.1, 0.15) is 45.0 Å². The van der Waals surface area contributed by atoms with E-state index < -0.39 is 17.6 Å². The molecule has 9 nitrogen and oxygen atoms in total. The summed E-state index contributed by atoms with van der Waals surface area (Å²) in [7, 11) is 0. The second kappa shape index (κ2) is 11.6. The third-order valence-corrected chi connectivity index (χ3v) is 4.72. The molecule has 0 fully saturated rings. The molecule has 3 rings (SSSR count). The van der Waals surface area contributed by atoms with Gasteiger partial charge in [0.25, 0.3) is 18.3 Å². The maximum atomic E-state index is 14.0. The molecule has 0 saturated heterocycles. The Balaban J connectivity index is 0.00000107. The minimum Gasteiger partial charge on any atom is -0.483 e. The number of halogens is 1. The fourth-order valence-electron chi connectivity index (χ4n) is 2.67. The molecule has 3 N–H and O–H groups in total. The van der Waals surface area contributed by atoms with Crippen LogP contribution in [0.4, 0.5) is 10.1 Å². The molecular weight excluding hydrogens is 425 g/mol. The Morgan fingerprint density at radius 2 is 2.03 bits per heavy atom. The smallest absolute Gasteiger partial charge is 0.290 e. The van der Waals surface area contributed by atoms with Gasteiger partial charge in [0.2, 0.25) is 0 Å². The maximum Gasteiger partial charge on any atom is 0.290 e. The molecule has 2 aromatic heterocycles. The van der Waals surface area contributed by atoms with Gasteiger partial charge in [0, 0.05) is 35.6 Å². The van der Waals surface area contributed by atoms with Crippen molar-refractivity contribution in [3.05, 3.63) is 63.9 Å². The molecule has 0 aliphatic carbocycles. The third-order valence-electron chi connectivity index (χ3n) is 3.94. The van der Waals surface area contributed by atoms with Gasteiger partial charge in [-0.25, -0.2) is 14.4 Å². The third kappa shape index (κ3) is 7.00. The molecule has 3 aromatic rings. The first-order valence-corrected chi connectivity index (χ1v) is 10.2. The van der Waals surface area contributed by atoms with Crippen molar-refractivity contribution < 1.29 is 23.9 Å². The van der Waals surface area contributed by atoms with Crippen LogP contribution in [0.25, 0.3) is 0 Å². The van der Waals surface area contributed by atoms with Gasteiger partial charge in [-0.3, -0.25) is 14.4 Å². The van der Waals surface area contributed by atoms with Crippen molar-refractivity contribution in [1.82, 2.24) is 19.9 Å². The standard InChI is InChI=1S/C19H20FN5O2S.CH2O2/c1-3-5-25-6-4-21-17(25)10-22-18(26)13-7-14(20)9-15(8-13)24-19(27)16-11-28-12(2)23-16;2-1-3/h4,6-9,11H,3,5,10H2,1-2H3,(H,22,26)(H,24,27);1H,(H,2,3). The molecule has 0 bridgehead atoms. The molecule has 0 aliphatic rings. The zero-order valence-electron chi connectivity index (χ0n) is 17.0. The van der Waals surface area contributed by atoms with Gasteiger partial charge in [-0.2, -0.15) is 0 Å². The van der Waals surface area contributed by atoms with Gasteiger partial charge in [-0.1, -0.05) is 6.92 Å². The van der Waals surface area contributed by atoms with Gasteiger partial charge in [-0.15, -0.1) is 11.3 Å². The largest absolute Gasteiger partial charge is 0.483 e. The minimum absolute atomic E-state index is 0.110. The highest BCUT2D eigenvalue weighted by molar-refractivity contribution is 7.09. The van der Waals surface area contributed by atoms with Crippen LogP contribution < -0.4 is 10.6 Å². The summed E-state index contributed by atoms with van der Waals surface area (Å²) >= 11 is 1.35. The molecule has 2 amide bonds. The van der Waals surface area contributed by atoms with Crippen LogP contribution >= 0.6 is 11.3 Å². The number of amides is 2. The van der Waals surface area contributed by atoms with E-state index in [2.05, 4.69) is 27.5 Å². The lowest BCUT2D eigenvalue weighted by Crippen LogP contribution is -2.25. The van der Waals surface area contributed by atoms with Crippen LogP contribution in [0.5, 0.6) is 0 Å². The normalized spacial score (nSPS) is 10.0. The van der Waals surface area contributed by atoms with Crippen LogP contribution in [0.15, 0.2) is 36.0 Å². The number of hydrogen-bond donors (Lipinski definition) is 3. The number of carboxylic acid groups (broad SMARTS) is 1. The second-order valence-corrected chi connectivity index (χ2v) is 7.32. The first kappa shape index (κ1) is 23.7. The van der Waals surface area contributed by atoms with Gasteiger partial charge < -0.3 is 20.3 Å². The highest BCUT2D eigenvalue weighted by atomic mass is 32.1. The van der Waals surface area contributed by atoms with Crippen LogP contribution in [0.2, 0.25) is 0 Å². The number of hydrogen-bond acceptors (Lipinski definition) is 6. The Morgan fingerprint density at radius 1 is 1.29 bits per heavy atom. The number of carbonyl (C=O) groups excluding carboxylic acids is 2. The summed E-state index contributed by atoms with van der Waals surface area (Å²) in [5.74, 6) is -0.808. The molecule has 164 valence electrons. The van der Waals surface area contributed by atoms with Crippen LogP contribution in [-0.2, 0) is 17.9 Å². The number of rotatable bonds is 7. The highest BCUT2D eigenvalue weighted by Gasteiger charge is 2.14. The first-order chi connectivity index (χ1) is 14.9. The van der Waals surface area contributed by atoms with Crippen molar-refractivity contribution in [3.63, 3.8) is 0 Å². The van der Waals surface area contributed by atoms with E-state index in [4.69, 9.17) is 9.90 Å². The maximum absolute atomic E-state index is 14.0. The highest BCUT2D eigenvalue weighted by Crippen LogP contribution is 2.16. The zero-order valence-corrected chi connectivity index (χ0v) is 17.8. The molecule has 1 aromatic carbocycles. The molecule has 2 heterocycles. The second-order valence-electron chi connectivity index (χ2n) is 6.26. The summed E-state index contributed by atoms with van der Waals surface area (Å²) in [5, 5.41) is 14.6. The minimum atomic E-state index is -0.620. The number of imidazole rings is 1. The summed E-state index contributed by atoms with van der Waals surface area (Å²) < 4.78 is 15.9. The fraction of sp³-hybridized carbons (Fsp3) is 0.250. The Bertz CT molecular complexity index is 1050. The van der Waals surface area contributed by atoms with E-state index in [1.165, 1.54) is 17.4 Å². The van der Waals surface area contributed by atoms with E-state index in [1.807, 2.05) is 10.8 Å². The van der Waals surface area contributed by atoms with Crippen LogP contribution in [-0.4, -0.2) is 37.9 Å². The lowest BCUT2D eigenvalue weighted by Gasteiger charge is -2.10. The van der Waals surface area contributed by atoms with Gasteiger partial charge in [0.05, 0.1) is 11.6 Å². The zero-order chi connectivity index (χ0) is 22.8. The molecule has 0 atom stereocenters. The monoisotopic (exact) mass is 447 g/mol. The predicted molar refractivity (Wildman–Crippen MR) is 114 cm³/mol. The van der Waals surface area contributed by atoms with Gasteiger partial charge in [0.1, 0.15) is 17.3 Å². The molecule has 31 heavy (non-hydrogen) atoms. The number of anilines is 1. The van der Waals surface area contributed by atoms with Gasteiger partial charge >= 0.3 is 0 Å². The summed E-state index contributed by atoms with van der Waals surface area (Å²) in [6.07, 6.45) is 4.47. The quantitative estimate of drug-likeness (QED) is 0.478. The average Bonchev–Trinajstić information content (AvgIpc) is 3.35. The molecule has 0 spiro atoms. The number of aryl methyl sites for hydroxylation is 2. The number of thiazole rings is 1. The van der Waals surface area contributed by atoms with Crippen molar-refractivity contribution in [1.29, 1.82) is 0 Å². The summed E-state index contributed by atoms with van der Waals surface area (Å²) in [4.78, 5) is 41.3. The van der Waals surface area contributed by atoms with E-state index in [9.17, 15) is 14.0 Å². The van der Waals surface area contributed by atoms with Crippen molar-refractivity contribution in [2.45, 2.75) is 33.4 Å². The molecule has 0 unspecified atom stereocenters. The van der Waals surface area contributed by atoms with Crippen molar-refractivity contribution in [2.24, 2.45) is 0 Å². The Kier molecular flexibility index (Phi) is 8.82. The summed E-state index contributed by atoms with van der Waals surface area (Å²) in [6.45, 7) is 4.62. The molecule has 0 aliphatic heterocycles. The number of aromatic nitrogens is 3. The SMILES string of the molecule is CCCn1ccnc1CNC(=O)c1cc(F)cc(NC(=O)c2csc(C)n2)c1.O=CO. The van der Waals surface area contributed by atoms with E-state index in [-0.39, 0.29) is 30.0 Å². The van der Waals surface area contributed by atoms with E-state index in [0.717, 1.165) is 35.9 Å². The van der Waals surface area contributed by atoms with E-state index in [0.29, 0.717) is 0 Å². The predicted octanol–water partition coefficient (Wildman–Crippen LogP) is 3.08. The Hall–Kier alpha value is -3.60. The molecular formula is C20H22FN5O4S. The van der Waals surface area contributed by atoms with Crippen LogP contribution in [0, 0.1) is 12.7 Å². The number of nitrogens with one attached hydrogen (secondary N) is 2. The van der Waals surface area contributed by atoms with Gasteiger partial charge in [-0.05, 0) is 31.5 Å². The number of benzene rings is 1.